The van der Waals surface area contributed by atoms with Crippen LogP contribution in [-0.4, -0.2) is 43.7 Å². The van der Waals surface area contributed by atoms with Crippen molar-refractivity contribution in [3.05, 3.63) is 53.7 Å². The Balaban J connectivity index is 1.63. The molecule has 0 spiro atoms. The summed E-state index contributed by atoms with van der Waals surface area (Å²) >= 11 is 0. The molecule has 1 saturated heterocycles. The topological polar surface area (TPSA) is 63.8 Å². The zero-order valence-electron chi connectivity index (χ0n) is 16.3. The molecule has 1 fully saturated rings. The maximum Gasteiger partial charge on any atom is 0.270 e. The average molecular weight is 380 g/mol. The molecule has 1 aliphatic heterocycles. The lowest BCUT2D eigenvalue weighted by atomic mass is 10.0. The number of carbonyl (C=O) groups is 1. The Morgan fingerprint density at radius 3 is 2.57 bits per heavy atom. The third kappa shape index (κ3) is 3.15. The minimum Gasteiger partial charge on any atom is -0.497 e. The highest BCUT2D eigenvalue weighted by atomic mass is 16.5. The van der Waals surface area contributed by atoms with Crippen LogP contribution in [0.3, 0.4) is 0 Å². The highest BCUT2D eigenvalue weighted by Crippen LogP contribution is 2.37. The second-order valence-corrected chi connectivity index (χ2v) is 6.91. The highest BCUT2D eigenvalue weighted by Gasteiger charge is 2.32. The van der Waals surface area contributed by atoms with Crippen molar-refractivity contribution in [2.24, 2.45) is 0 Å². The summed E-state index contributed by atoms with van der Waals surface area (Å²) in [7, 11) is 4.87. The first-order valence-corrected chi connectivity index (χ1v) is 9.34. The fraction of sp³-hybridized carbons (Fsp3) is 0.318. The summed E-state index contributed by atoms with van der Waals surface area (Å²) in [4.78, 5) is 18.4. The zero-order valence-corrected chi connectivity index (χ0v) is 16.3. The van der Waals surface area contributed by atoms with Crippen LogP contribution >= 0.6 is 0 Å². The Kier molecular flexibility index (Phi) is 4.86. The minimum absolute atomic E-state index is 0.00690. The second kappa shape index (κ2) is 7.46. The number of hydrogen-bond donors (Lipinski definition) is 1. The number of fused-ring (bicyclic) bond motifs is 1. The summed E-state index contributed by atoms with van der Waals surface area (Å²) in [6.07, 6.45) is 1.90. The predicted molar refractivity (Wildman–Crippen MR) is 107 cm³/mol. The summed E-state index contributed by atoms with van der Waals surface area (Å²) in [5.41, 5.74) is 2.54. The van der Waals surface area contributed by atoms with Crippen molar-refractivity contribution >= 4 is 16.8 Å². The minimum atomic E-state index is 0.00690. The number of likely N-dealkylation sites (tertiary alicyclic amines) is 1. The first-order valence-electron chi connectivity index (χ1n) is 9.34. The molecule has 0 radical (unpaired) electrons. The number of benzene rings is 2. The van der Waals surface area contributed by atoms with Crippen molar-refractivity contribution < 1.29 is 19.0 Å². The third-order valence-electron chi connectivity index (χ3n) is 5.37. The SMILES string of the molecule is COc1ccc2cc(C(=O)N3CCCC3c3ccc(OC)c(OC)c3)[nH]c2c1. The van der Waals surface area contributed by atoms with Crippen molar-refractivity contribution in [2.45, 2.75) is 18.9 Å². The fourth-order valence-electron chi connectivity index (χ4n) is 3.92. The van der Waals surface area contributed by atoms with Gasteiger partial charge < -0.3 is 24.1 Å². The van der Waals surface area contributed by atoms with Gasteiger partial charge in [0.25, 0.3) is 5.91 Å². The number of rotatable bonds is 5. The number of nitrogens with zero attached hydrogens (tertiary/aromatic N) is 1. The number of aromatic amines is 1. The summed E-state index contributed by atoms with van der Waals surface area (Å²) in [5.74, 6) is 2.13. The van der Waals surface area contributed by atoms with Crippen LogP contribution in [0.25, 0.3) is 10.9 Å². The van der Waals surface area contributed by atoms with Gasteiger partial charge in [-0.15, -0.1) is 0 Å². The molecule has 1 N–H and O–H groups in total. The van der Waals surface area contributed by atoms with E-state index in [9.17, 15) is 4.79 Å². The molecule has 2 aromatic carbocycles. The summed E-state index contributed by atoms with van der Waals surface area (Å²) in [6, 6.07) is 13.5. The molecule has 2 heterocycles. The van der Waals surface area contributed by atoms with Crippen LogP contribution in [0.5, 0.6) is 17.2 Å². The van der Waals surface area contributed by atoms with Crippen molar-refractivity contribution in [2.75, 3.05) is 27.9 Å². The normalized spacial score (nSPS) is 16.4. The largest absolute Gasteiger partial charge is 0.497 e. The van der Waals surface area contributed by atoms with Crippen molar-refractivity contribution in [1.29, 1.82) is 0 Å². The quantitative estimate of drug-likeness (QED) is 0.722. The van der Waals surface area contributed by atoms with Gasteiger partial charge in [-0.2, -0.15) is 0 Å². The first-order chi connectivity index (χ1) is 13.6. The van der Waals surface area contributed by atoms with Crippen LogP contribution in [0, 0.1) is 0 Å². The third-order valence-corrected chi connectivity index (χ3v) is 5.37. The molecule has 1 atom stereocenters. The van der Waals surface area contributed by atoms with Crippen molar-refractivity contribution in [3.63, 3.8) is 0 Å². The number of nitrogens with one attached hydrogen (secondary N) is 1. The molecular formula is C22H24N2O4. The molecule has 28 heavy (non-hydrogen) atoms. The number of amides is 1. The fourth-order valence-corrected chi connectivity index (χ4v) is 3.92. The molecular weight excluding hydrogens is 356 g/mol. The Hall–Kier alpha value is -3.15. The van der Waals surface area contributed by atoms with Crippen LogP contribution in [0.15, 0.2) is 42.5 Å². The monoisotopic (exact) mass is 380 g/mol. The van der Waals surface area contributed by atoms with Gasteiger partial charge in [-0.05, 0) is 48.7 Å². The summed E-state index contributed by atoms with van der Waals surface area (Å²) in [6.45, 7) is 0.733. The number of methoxy groups -OCH3 is 3. The van der Waals surface area contributed by atoms with Crippen LogP contribution in [-0.2, 0) is 0 Å². The molecule has 0 saturated carbocycles. The van der Waals surface area contributed by atoms with Crippen LogP contribution in [0.4, 0.5) is 0 Å². The van der Waals surface area contributed by atoms with E-state index in [0.29, 0.717) is 17.2 Å². The van der Waals surface area contributed by atoms with Gasteiger partial charge in [0.1, 0.15) is 11.4 Å². The van der Waals surface area contributed by atoms with E-state index in [0.717, 1.165) is 41.6 Å². The molecule has 1 unspecified atom stereocenters. The van der Waals surface area contributed by atoms with Gasteiger partial charge in [-0.1, -0.05) is 6.07 Å². The maximum atomic E-state index is 13.2. The Labute approximate surface area is 164 Å². The van der Waals surface area contributed by atoms with E-state index in [1.807, 2.05) is 47.4 Å². The standard InChI is InChI=1S/C22H24N2O4/c1-26-16-8-6-14-11-18(23-17(14)13-16)22(25)24-10-4-5-19(24)15-7-9-20(27-2)21(12-15)28-3/h6-9,11-13,19,23H,4-5,10H2,1-3H3. The molecule has 0 bridgehead atoms. The summed E-state index contributed by atoms with van der Waals surface area (Å²) < 4.78 is 16.0. The molecule has 0 aliphatic carbocycles. The highest BCUT2D eigenvalue weighted by molar-refractivity contribution is 5.98. The lowest BCUT2D eigenvalue weighted by Crippen LogP contribution is -2.30. The van der Waals surface area contributed by atoms with E-state index in [1.54, 1.807) is 21.3 Å². The molecule has 1 amide bonds. The van der Waals surface area contributed by atoms with E-state index in [4.69, 9.17) is 14.2 Å². The van der Waals surface area contributed by atoms with Crippen LogP contribution < -0.4 is 14.2 Å². The molecule has 6 heteroatoms. The van der Waals surface area contributed by atoms with Gasteiger partial charge in [0.15, 0.2) is 11.5 Å². The average Bonchev–Trinajstić information content (AvgIpc) is 3.39. The van der Waals surface area contributed by atoms with E-state index >= 15 is 0 Å². The van der Waals surface area contributed by atoms with Crippen LogP contribution in [0.2, 0.25) is 0 Å². The molecule has 3 aromatic rings. The lowest BCUT2D eigenvalue weighted by Gasteiger charge is -2.25. The first kappa shape index (κ1) is 18.2. The number of carbonyl (C=O) groups excluding carboxylic acids is 1. The number of hydrogen-bond acceptors (Lipinski definition) is 4. The van der Waals surface area contributed by atoms with E-state index in [1.165, 1.54) is 0 Å². The number of H-pyrrole nitrogens is 1. The Morgan fingerprint density at radius 2 is 1.82 bits per heavy atom. The predicted octanol–water partition coefficient (Wildman–Crippen LogP) is 4.17. The van der Waals surface area contributed by atoms with Gasteiger partial charge in [-0.3, -0.25) is 4.79 Å². The van der Waals surface area contributed by atoms with Gasteiger partial charge in [0.2, 0.25) is 0 Å². The van der Waals surface area contributed by atoms with Crippen molar-refractivity contribution in [3.8, 4) is 17.2 Å². The Bertz CT molecular complexity index is 1010. The smallest absolute Gasteiger partial charge is 0.270 e. The molecule has 1 aliphatic rings. The van der Waals surface area contributed by atoms with Gasteiger partial charge in [0, 0.05) is 23.5 Å². The Morgan fingerprint density at radius 1 is 1.00 bits per heavy atom. The maximum absolute atomic E-state index is 13.2. The molecule has 4 rings (SSSR count). The van der Waals surface area contributed by atoms with Gasteiger partial charge in [0.05, 0.1) is 27.4 Å². The molecule has 1 aromatic heterocycles. The second-order valence-electron chi connectivity index (χ2n) is 6.91. The number of aromatic nitrogens is 1. The summed E-state index contributed by atoms with van der Waals surface area (Å²) in [5, 5.41) is 0.992. The number of ether oxygens (including phenoxy) is 3. The molecule has 6 nitrogen and oxygen atoms in total. The lowest BCUT2D eigenvalue weighted by molar-refractivity contribution is 0.0730. The zero-order chi connectivity index (χ0) is 19.7. The van der Waals surface area contributed by atoms with Crippen molar-refractivity contribution in [1.82, 2.24) is 9.88 Å². The van der Waals surface area contributed by atoms with Gasteiger partial charge >= 0.3 is 0 Å². The van der Waals surface area contributed by atoms with E-state index < -0.39 is 0 Å². The molecule has 146 valence electrons. The van der Waals surface area contributed by atoms with E-state index in [2.05, 4.69) is 4.98 Å². The van der Waals surface area contributed by atoms with Crippen LogP contribution in [0.1, 0.15) is 34.9 Å². The van der Waals surface area contributed by atoms with Gasteiger partial charge in [-0.25, -0.2) is 0 Å². The van der Waals surface area contributed by atoms with E-state index in [-0.39, 0.29) is 11.9 Å².